The third kappa shape index (κ3) is 4.51. The summed E-state index contributed by atoms with van der Waals surface area (Å²) in [6, 6.07) is 16.6. The Morgan fingerprint density at radius 3 is 2.69 bits per heavy atom. The molecule has 2 aromatic carbocycles. The van der Waals surface area contributed by atoms with Crippen LogP contribution in [0.25, 0.3) is 0 Å². The van der Waals surface area contributed by atoms with E-state index in [-0.39, 0.29) is 30.7 Å². The Kier molecular flexibility index (Phi) is 5.67. The lowest BCUT2D eigenvalue weighted by atomic mass is 10.0. The largest absolute Gasteiger partial charge is 0.390 e. The summed E-state index contributed by atoms with van der Waals surface area (Å²) < 4.78 is 27.4. The van der Waals surface area contributed by atoms with Crippen molar-refractivity contribution in [1.29, 1.82) is 0 Å². The van der Waals surface area contributed by atoms with E-state index in [1.54, 1.807) is 12.1 Å². The van der Waals surface area contributed by atoms with Gasteiger partial charge in [-0.15, -0.1) is 11.3 Å². The molecule has 4 rings (SSSR count). The molecule has 0 N–H and O–H groups in total. The maximum absolute atomic E-state index is 14.2. The van der Waals surface area contributed by atoms with Crippen molar-refractivity contribution in [1.82, 2.24) is 4.90 Å². The molecule has 0 fully saturated rings. The first kappa shape index (κ1) is 19.3. The Labute approximate surface area is 171 Å². The van der Waals surface area contributed by atoms with E-state index in [9.17, 15) is 13.6 Å². The highest BCUT2D eigenvalue weighted by Gasteiger charge is 2.28. The van der Waals surface area contributed by atoms with E-state index in [4.69, 9.17) is 4.84 Å². The van der Waals surface area contributed by atoms with Crippen molar-refractivity contribution in [3.63, 3.8) is 0 Å². The van der Waals surface area contributed by atoms with Gasteiger partial charge in [-0.2, -0.15) is 0 Å². The van der Waals surface area contributed by atoms with Crippen molar-refractivity contribution in [3.05, 3.63) is 93.7 Å². The molecular weight excluding hydrogens is 394 g/mol. The van der Waals surface area contributed by atoms with Crippen LogP contribution < -0.4 is 0 Å². The topological polar surface area (TPSA) is 41.9 Å². The number of rotatable bonds is 6. The predicted molar refractivity (Wildman–Crippen MR) is 108 cm³/mol. The van der Waals surface area contributed by atoms with Crippen LogP contribution in [0, 0.1) is 11.6 Å². The molecule has 1 amide bonds. The molecule has 0 bridgehead atoms. The van der Waals surface area contributed by atoms with Crippen molar-refractivity contribution < 1.29 is 18.4 Å². The van der Waals surface area contributed by atoms with Crippen LogP contribution in [0.2, 0.25) is 0 Å². The van der Waals surface area contributed by atoms with Gasteiger partial charge in [0, 0.05) is 24.6 Å². The number of carbonyl (C=O) groups is 1. The normalized spacial score (nSPS) is 15.7. The molecule has 148 valence electrons. The molecule has 7 heteroatoms. The molecule has 4 nitrogen and oxygen atoms in total. The summed E-state index contributed by atoms with van der Waals surface area (Å²) in [6.45, 7) is 0.261. The van der Waals surface area contributed by atoms with Crippen molar-refractivity contribution in [3.8, 4) is 0 Å². The van der Waals surface area contributed by atoms with Crippen LogP contribution in [0.5, 0.6) is 0 Å². The highest BCUT2D eigenvalue weighted by Crippen LogP contribution is 2.22. The highest BCUT2D eigenvalue weighted by atomic mass is 32.1. The first-order valence-corrected chi connectivity index (χ1v) is 10.0. The number of carbonyl (C=O) groups excluding carboxylic acids is 1. The summed E-state index contributed by atoms with van der Waals surface area (Å²) in [6.07, 6.45) is 0.210. The second-order valence-electron chi connectivity index (χ2n) is 6.73. The van der Waals surface area contributed by atoms with Gasteiger partial charge in [0.1, 0.15) is 11.6 Å². The zero-order valence-corrected chi connectivity index (χ0v) is 16.2. The van der Waals surface area contributed by atoms with Gasteiger partial charge in [0.2, 0.25) is 0 Å². The number of nitrogens with zero attached hydrogens (tertiary/aromatic N) is 2. The molecule has 0 radical (unpaired) electrons. The first-order chi connectivity index (χ1) is 14.1. The van der Waals surface area contributed by atoms with Gasteiger partial charge in [-0.3, -0.25) is 4.79 Å². The van der Waals surface area contributed by atoms with Crippen LogP contribution in [0.1, 0.15) is 27.2 Å². The molecule has 1 aromatic heterocycles. The Balaban J connectivity index is 1.51. The van der Waals surface area contributed by atoms with E-state index in [2.05, 4.69) is 5.16 Å². The van der Waals surface area contributed by atoms with Crippen LogP contribution in [-0.2, 0) is 11.4 Å². The number of benzene rings is 2. The molecule has 1 aliphatic heterocycles. The van der Waals surface area contributed by atoms with Gasteiger partial charge in [0.25, 0.3) is 5.91 Å². The number of oxime groups is 1. The minimum atomic E-state index is -0.678. The van der Waals surface area contributed by atoms with E-state index in [1.165, 1.54) is 28.4 Å². The fraction of sp³-hybridized carbons (Fsp3) is 0.182. The van der Waals surface area contributed by atoms with Gasteiger partial charge in [-0.25, -0.2) is 8.78 Å². The Bertz CT molecular complexity index is 1020. The molecule has 1 atom stereocenters. The standard InChI is InChI=1S/C22H18F2N2O2S/c23-17-9-8-16(19(24)11-17)13-26(22(27)21-7-4-10-29-21)14-18-12-20(25-28-18)15-5-2-1-3-6-15/h1-11,18H,12-14H2/t18-/m1/s1. The molecule has 0 spiro atoms. The fourth-order valence-electron chi connectivity index (χ4n) is 3.20. The summed E-state index contributed by atoms with van der Waals surface area (Å²) in [4.78, 5) is 20.6. The van der Waals surface area contributed by atoms with E-state index < -0.39 is 11.6 Å². The summed E-state index contributed by atoms with van der Waals surface area (Å²) >= 11 is 1.32. The average molecular weight is 412 g/mol. The maximum Gasteiger partial charge on any atom is 0.264 e. The summed E-state index contributed by atoms with van der Waals surface area (Å²) in [5, 5.41) is 5.97. The average Bonchev–Trinajstić information content (AvgIpc) is 3.42. The van der Waals surface area contributed by atoms with Gasteiger partial charge in [-0.05, 0) is 23.1 Å². The van der Waals surface area contributed by atoms with Crippen LogP contribution in [-0.4, -0.2) is 29.2 Å². The number of thiophene rings is 1. The molecule has 0 saturated heterocycles. The van der Waals surface area contributed by atoms with Gasteiger partial charge in [-0.1, -0.05) is 47.6 Å². The lowest BCUT2D eigenvalue weighted by Crippen LogP contribution is -2.37. The van der Waals surface area contributed by atoms with E-state index >= 15 is 0 Å². The minimum absolute atomic E-state index is 0.0172. The second-order valence-corrected chi connectivity index (χ2v) is 7.68. The van der Waals surface area contributed by atoms with Crippen molar-refractivity contribution in [2.24, 2.45) is 5.16 Å². The molecule has 1 aliphatic rings. The number of hydrogen-bond donors (Lipinski definition) is 0. The summed E-state index contributed by atoms with van der Waals surface area (Å²) in [5.74, 6) is -1.55. The molecule has 2 heterocycles. The zero-order valence-electron chi connectivity index (χ0n) is 15.4. The van der Waals surface area contributed by atoms with E-state index in [0.29, 0.717) is 11.3 Å². The van der Waals surface area contributed by atoms with E-state index in [1.807, 2.05) is 35.7 Å². The van der Waals surface area contributed by atoms with Gasteiger partial charge >= 0.3 is 0 Å². The maximum atomic E-state index is 14.2. The van der Waals surface area contributed by atoms with Gasteiger partial charge in [0.15, 0.2) is 6.10 Å². The number of amides is 1. The quantitative estimate of drug-likeness (QED) is 0.580. The third-order valence-electron chi connectivity index (χ3n) is 4.66. The molecule has 0 aliphatic carbocycles. The first-order valence-electron chi connectivity index (χ1n) is 9.15. The predicted octanol–water partition coefficient (Wildman–Crippen LogP) is 4.86. The van der Waals surface area contributed by atoms with Crippen LogP contribution in [0.3, 0.4) is 0 Å². The highest BCUT2D eigenvalue weighted by molar-refractivity contribution is 7.12. The minimum Gasteiger partial charge on any atom is -0.390 e. The lowest BCUT2D eigenvalue weighted by Gasteiger charge is -2.24. The Morgan fingerprint density at radius 1 is 1.14 bits per heavy atom. The van der Waals surface area contributed by atoms with Crippen molar-refractivity contribution in [2.45, 2.75) is 19.1 Å². The Hall–Kier alpha value is -3.06. The number of halogens is 2. The van der Waals surface area contributed by atoms with Crippen LogP contribution in [0.15, 0.2) is 71.2 Å². The van der Waals surface area contributed by atoms with Crippen LogP contribution >= 0.6 is 11.3 Å². The number of hydrogen-bond acceptors (Lipinski definition) is 4. The Morgan fingerprint density at radius 2 is 1.97 bits per heavy atom. The zero-order chi connectivity index (χ0) is 20.2. The fourth-order valence-corrected chi connectivity index (χ4v) is 3.89. The molecule has 0 unspecified atom stereocenters. The monoisotopic (exact) mass is 412 g/mol. The van der Waals surface area contributed by atoms with Crippen molar-refractivity contribution >= 4 is 23.0 Å². The smallest absolute Gasteiger partial charge is 0.264 e. The molecular formula is C22H18F2N2O2S. The van der Waals surface area contributed by atoms with Gasteiger partial charge in [0.05, 0.1) is 17.1 Å². The second kappa shape index (κ2) is 8.53. The summed E-state index contributed by atoms with van der Waals surface area (Å²) in [5.41, 5.74) is 2.03. The SMILES string of the molecule is O=C(c1cccs1)N(Cc1ccc(F)cc1F)C[C@H]1CC(c2ccccc2)=NO1. The lowest BCUT2D eigenvalue weighted by molar-refractivity contribution is 0.0406. The molecule has 0 saturated carbocycles. The van der Waals surface area contributed by atoms with Crippen molar-refractivity contribution in [2.75, 3.05) is 6.54 Å². The van der Waals surface area contributed by atoms with E-state index in [0.717, 1.165) is 17.3 Å². The molecule has 3 aromatic rings. The third-order valence-corrected chi connectivity index (χ3v) is 5.52. The summed E-state index contributed by atoms with van der Waals surface area (Å²) in [7, 11) is 0. The van der Waals surface area contributed by atoms with Gasteiger partial charge < -0.3 is 9.74 Å². The molecule has 29 heavy (non-hydrogen) atoms. The van der Waals surface area contributed by atoms with Crippen LogP contribution in [0.4, 0.5) is 8.78 Å².